The van der Waals surface area contributed by atoms with Crippen LogP contribution in [0.1, 0.15) is 11.6 Å². The summed E-state index contributed by atoms with van der Waals surface area (Å²) >= 11 is 0. The number of nitro groups is 1. The van der Waals surface area contributed by atoms with Crippen LogP contribution in [0.3, 0.4) is 0 Å². The highest BCUT2D eigenvalue weighted by Crippen LogP contribution is 2.33. The predicted molar refractivity (Wildman–Crippen MR) is 80.5 cm³/mol. The van der Waals surface area contributed by atoms with Crippen LogP contribution in [0.5, 0.6) is 0 Å². The van der Waals surface area contributed by atoms with Crippen LogP contribution in [0, 0.1) is 10.1 Å². The largest absolute Gasteiger partial charge is 0.297 e. The molecule has 0 spiro atoms. The molecule has 2 atom stereocenters. The summed E-state index contributed by atoms with van der Waals surface area (Å²) in [5, 5.41) is 11.3. The molecule has 8 nitrogen and oxygen atoms in total. The van der Waals surface area contributed by atoms with E-state index in [1.165, 1.54) is 23.3 Å². The Morgan fingerprint density at radius 2 is 2.14 bits per heavy atom. The molecule has 1 aromatic carbocycles. The Bertz CT molecular complexity index is 659. The molecule has 120 valence electrons. The summed E-state index contributed by atoms with van der Waals surface area (Å²) in [6.07, 6.45) is 1.46. The Morgan fingerprint density at radius 1 is 1.50 bits per heavy atom. The molecule has 1 aliphatic heterocycles. The number of hydrogen-bond acceptors (Lipinski definition) is 6. The fraction of sp³-hybridized carbons (Fsp3) is 0.385. The van der Waals surface area contributed by atoms with Crippen molar-refractivity contribution in [3.63, 3.8) is 0 Å². The summed E-state index contributed by atoms with van der Waals surface area (Å²) in [4.78, 5) is 15.5. The highest BCUT2D eigenvalue weighted by atomic mass is 32.2. The lowest BCUT2D eigenvalue weighted by molar-refractivity contribution is -0.384. The smallest absolute Gasteiger partial charge is 0.269 e. The van der Waals surface area contributed by atoms with E-state index in [-0.39, 0.29) is 18.8 Å². The monoisotopic (exact) mass is 327 g/mol. The van der Waals surface area contributed by atoms with Gasteiger partial charge in [0, 0.05) is 25.7 Å². The number of benzene rings is 1. The Kier molecular flexibility index (Phi) is 4.91. The fourth-order valence-electron chi connectivity index (χ4n) is 2.36. The molecule has 1 heterocycles. The van der Waals surface area contributed by atoms with Crippen LogP contribution in [-0.2, 0) is 14.9 Å². The average molecular weight is 327 g/mol. The Morgan fingerprint density at radius 3 is 2.68 bits per heavy atom. The molecule has 1 aromatic rings. The molecular weight excluding hydrogens is 310 g/mol. The van der Waals surface area contributed by atoms with Gasteiger partial charge < -0.3 is 0 Å². The zero-order valence-corrected chi connectivity index (χ0v) is 12.8. The molecule has 2 rings (SSSR count). The van der Waals surface area contributed by atoms with Gasteiger partial charge >= 0.3 is 0 Å². The molecule has 1 aliphatic rings. The SMILES string of the molecule is C=CCNS(=O)(=O)[C@H]1CON(C)[C@@H]1c1ccc([N+](=O)[O-])cc1. The van der Waals surface area contributed by atoms with Crippen molar-refractivity contribution in [2.45, 2.75) is 11.3 Å². The van der Waals surface area contributed by atoms with Gasteiger partial charge in [0.15, 0.2) is 0 Å². The van der Waals surface area contributed by atoms with Gasteiger partial charge in [0.05, 0.1) is 17.6 Å². The number of non-ortho nitro benzene ring substituents is 1. The zero-order valence-electron chi connectivity index (χ0n) is 12.0. The first-order valence-corrected chi connectivity index (χ1v) is 8.11. The van der Waals surface area contributed by atoms with Gasteiger partial charge in [0.25, 0.3) is 5.69 Å². The van der Waals surface area contributed by atoms with Crippen LogP contribution in [-0.4, -0.2) is 43.9 Å². The molecule has 9 heteroatoms. The van der Waals surface area contributed by atoms with E-state index in [0.717, 1.165) is 0 Å². The number of nitro benzene ring substituents is 1. The lowest BCUT2D eigenvalue weighted by atomic mass is 10.0. The molecule has 0 radical (unpaired) electrons. The summed E-state index contributed by atoms with van der Waals surface area (Å²) < 4.78 is 27.1. The number of hydroxylamine groups is 2. The second-order valence-electron chi connectivity index (χ2n) is 4.86. The fourth-order valence-corrected chi connectivity index (χ4v) is 3.83. The minimum Gasteiger partial charge on any atom is -0.297 e. The Balaban J connectivity index is 2.29. The van der Waals surface area contributed by atoms with E-state index in [4.69, 9.17) is 4.84 Å². The van der Waals surface area contributed by atoms with Gasteiger partial charge in [0.2, 0.25) is 10.0 Å². The van der Waals surface area contributed by atoms with Crippen LogP contribution in [0.25, 0.3) is 0 Å². The first-order valence-electron chi connectivity index (χ1n) is 6.56. The van der Waals surface area contributed by atoms with Gasteiger partial charge in [-0.3, -0.25) is 15.0 Å². The second kappa shape index (κ2) is 6.53. The standard InChI is InChI=1S/C13H17N3O5S/c1-3-8-14-22(19,20)12-9-21-15(2)13(12)10-4-6-11(7-5-10)16(17)18/h3-7,12-14H,1,8-9H2,2H3/t12-,13+/m0/s1. The van der Waals surface area contributed by atoms with Crippen molar-refractivity contribution in [1.29, 1.82) is 0 Å². The summed E-state index contributed by atoms with van der Waals surface area (Å²) in [7, 11) is -1.97. The Hall–Kier alpha value is -1.81. The van der Waals surface area contributed by atoms with Gasteiger partial charge in [-0.2, -0.15) is 5.06 Å². The molecule has 0 aromatic heterocycles. The molecule has 0 unspecified atom stereocenters. The van der Waals surface area contributed by atoms with Crippen molar-refractivity contribution >= 4 is 15.7 Å². The predicted octanol–water partition coefficient (Wildman–Crippen LogP) is 0.987. The van der Waals surface area contributed by atoms with Crippen molar-refractivity contribution < 1.29 is 18.2 Å². The third-order valence-corrected chi connectivity index (χ3v) is 5.22. The zero-order chi connectivity index (χ0) is 16.3. The third kappa shape index (κ3) is 3.33. The van der Waals surface area contributed by atoms with Gasteiger partial charge in [-0.25, -0.2) is 13.1 Å². The minimum atomic E-state index is -3.60. The highest BCUT2D eigenvalue weighted by molar-refractivity contribution is 7.90. The van der Waals surface area contributed by atoms with E-state index >= 15 is 0 Å². The second-order valence-corrected chi connectivity index (χ2v) is 6.84. The lowest BCUT2D eigenvalue weighted by Crippen LogP contribution is -2.39. The molecule has 1 N–H and O–H groups in total. The number of rotatable bonds is 6. The highest BCUT2D eigenvalue weighted by Gasteiger charge is 2.42. The van der Waals surface area contributed by atoms with E-state index in [9.17, 15) is 18.5 Å². The molecule has 0 aliphatic carbocycles. The van der Waals surface area contributed by atoms with Crippen LogP contribution in [0.15, 0.2) is 36.9 Å². The van der Waals surface area contributed by atoms with Crippen molar-refractivity contribution in [3.8, 4) is 0 Å². The molecular formula is C13H17N3O5S. The van der Waals surface area contributed by atoms with Gasteiger partial charge in [-0.05, 0) is 5.56 Å². The maximum atomic E-state index is 12.3. The van der Waals surface area contributed by atoms with Crippen LogP contribution in [0.2, 0.25) is 0 Å². The molecule has 0 saturated carbocycles. The van der Waals surface area contributed by atoms with E-state index in [0.29, 0.717) is 5.56 Å². The topological polar surface area (TPSA) is 102 Å². The molecule has 1 saturated heterocycles. The average Bonchev–Trinajstić information content (AvgIpc) is 2.88. The normalized spacial score (nSPS) is 22.6. The van der Waals surface area contributed by atoms with Crippen molar-refractivity contribution in [2.75, 3.05) is 20.2 Å². The van der Waals surface area contributed by atoms with Crippen LogP contribution in [0.4, 0.5) is 5.69 Å². The Labute approximate surface area is 128 Å². The maximum absolute atomic E-state index is 12.3. The summed E-state index contributed by atoms with van der Waals surface area (Å²) in [6.45, 7) is 3.63. The van der Waals surface area contributed by atoms with E-state index < -0.39 is 26.2 Å². The van der Waals surface area contributed by atoms with E-state index in [2.05, 4.69) is 11.3 Å². The molecule has 0 bridgehead atoms. The third-order valence-electron chi connectivity index (χ3n) is 3.46. The summed E-state index contributed by atoms with van der Waals surface area (Å²) in [5.41, 5.74) is 0.592. The molecule has 22 heavy (non-hydrogen) atoms. The van der Waals surface area contributed by atoms with E-state index in [1.807, 2.05) is 0 Å². The lowest BCUT2D eigenvalue weighted by Gasteiger charge is -2.22. The number of hydrogen-bond donors (Lipinski definition) is 1. The quantitative estimate of drug-likeness (QED) is 0.475. The number of nitrogens with zero attached hydrogens (tertiary/aromatic N) is 2. The summed E-state index contributed by atoms with van der Waals surface area (Å²) in [6, 6.07) is 5.25. The van der Waals surface area contributed by atoms with Gasteiger partial charge in [-0.1, -0.05) is 18.2 Å². The summed E-state index contributed by atoms with van der Waals surface area (Å²) in [5.74, 6) is 0. The molecule has 0 amide bonds. The van der Waals surface area contributed by atoms with Gasteiger partial charge in [-0.15, -0.1) is 6.58 Å². The van der Waals surface area contributed by atoms with Crippen molar-refractivity contribution in [1.82, 2.24) is 9.79 Å². The van der Waals surface area contributed by atoms with Crippen LogP contribution >= 0.6 is 0 Å². The number of nitrogens with one attached hydrogen (secondary N) is 1. The number of sulfonamides is 1. The molecule has 1 fully saturated rings. The van der Waals surface area contributed by atoms with E-state index in [1.54, 1.807) is 19.2 Å². The minimum absolute atomic E-state index is 0.0185. The maximum Gasteiger partial charge on any atom is 0.269 e. The van der Waals surface area contributed by atoms with Crippen molar-refractivity contribution in [3.05, 3.63) is 52.6 Å². The van der Waals surface area contributed by atoms with Gasteiger partial charge in [0.1, 0.15) is 5.25 Å². The van der Waals surface area contributed by atoms with Crippen molar-refractivity contribution in [2.24, 2.45) is 0 Å². The first kappa shape index (κ1) is 16.6. The first-order chi connectivity index (χ1) is 10.4. The van der Waals surface area contributed by atoms with Crippen LogP contribution < -0.4 is 4.72 Å².